The molecule has 134 valence electrons. The van der Waals surface area contributed by atoms with E-state index in [1.54, 1.807) is 0 Å². The highest BCUT2D eigenvalue weighted by atomic mass is 16.2. The molecule has 3 heterocycles. The van der Waals surface area contributed by atoms with E-state index < -0.39 is 0 Å². The van der Waals surface area contributed by atoms with Crippen molar-refractivity contribution in [3.8, 4) is 0 Å². The van der Waals surface area contributed by atoms with Crippen LogP contribution in [-0.2, 0) is 0 Å². The molecule has 1 aliphatic carbocycles. The molecule has 1 saturated carbocycles. The molecule has 1 atom stereocenters. The Morgan fingerprint density at radius 2 is 2.12 bits per heavy atom. The van der Waals surface area contributed by atoms with Crippen molar-refractivity contribution in [3.63, 3.8) is 0 Å². The van der Waals surface area contributed by atoms with Crippen molar-refractivity contribution in [1.82, 2.24) is 19.4 Å². The smallest absolute Gasteiger partial charge is 0.254 e. The minimum atomic E-state index is 0.140. The molecule has 26 heavy (non-hydrogen) atoms. The Kier molecular flexibility index (Phi) is 3.62. The van der Waals surface area contributed by atoms with Gasteiger partial charge in [0.05, 0.1) is 6.04 Å². The average molecular weight is 348 g/mol. The minimum Gasteiger partial charge on any atom is -0.361 e. The van der Waals surface area contributed by atoms with E-state index in [1.807, 2.05) is 41.6 Å². The molecule has 1 saturated heterocycles. The second-order valence-corrected chi connectivity index (χ2v) is 7.69. The van der Waals surface area contributed by atoms with E-state index in [-0.39, 0.29) is 5.91 Å². The molecule has 5 rings (SSSR count). The summed E-state index contributed by atoms with van der Waals surface area (Å²) in [4.78, 5) is 23.0. The lowest BCUT2D eigenvalue weighted by molar-refractivity contribution is 0.0789. The zero-order valence-corrected chi connectivity index (χ0v) is 15.1. The third-order valence-electron chi connectivity index (χ3n) is 6.12. The molecule has 1 unspecified atom stereocenters. The summed E-state index contributed by atoms with van der Waals surface area (Å²) in [5.41, 5.74) is 3.04. The van der Waals surface area contributed by atoms with Gasteiger partial charge in [-0.15, -0.1) is 0 Å². The van der Waals surface area contributed by atoms with Crippen molar-refractivity contribution in [1.29, 1.82) is 0 Å². The number of nitrogens with zero attached hydrogens (tertiary/aromatic N) is 3. The van der Waals surface area contributed by atoms with Gasteiger partial charge in [-0.05, 0) is 44.4 Å². The normalized spacial score (nSPS) is 20.7. The Labute approximate surface area is 153 Å². The van der Waals surface area contributed by atoms with Gasteiger partial charge < -0.3 is 14.5 Å². The summed E-state index contributed by atoms with van der Waals surface area (Å²) < 4.78 is 2.41. The van der Waals surface area contributed by atoms with E-state index in [2.05, 4.69) is 16.5 Å². The highest BCUT2D eigenvalue weighted by Crippen LogP contribution is 2.38. The predicted octanol–water partition coefficient (Wildman–Crippen LogP) is 4.03. The van der Waals surface area contributed by atoms with E-state index in [1.165, 1.54) is 30.8 Å². The van der Waals surface area contributed by atoms with Gasteiger partial charge in [0.15, 0.2) is 0 Å². The number of likely N-dealkylation sites (tertiary alicyclic amines) is 1. The van der Waals surface area contributed by atoms with Crippen molar-refractivity contribution in [2.45, 2.75) is 44.6 Å². The second-order valence-electron chi connectivity index (χ2n) is 7.69. The van der Waals surface area contributed by atoms with Crippen molar-refractivity contribution >= 4 is 16.8 Å². The molecule has 3 aromatic rings. The lowest BCUT2D eigenvalue weighted by Crippen LogP contribution is -2.30. The number of imidazole rings is 1. The van der Waals surface area contributed by atoms with Crippen LogP contribution in [0.3, 0.4) is 0 Å². The number of carbonyl (C=O) groups is 1. The SMILES string of the molecule is Cc1cnc(C2CCC2)n1C1CCN(C(=O)c2cccc3[nH]ccc23)C1. The number of aromatic amines is 1. The number of amides is 1. The summed E-state index contributed by atoms with van der Waals surface area (Å²) in [7, 11) is 0. The van der Waals surface area contributed by atoms with Crippen LogP contribution in [0.5, 0.6) is 0 Å². The first-order chi connectivity index (χ1) is 12.7. The van der Waals surface area contributed by atoms with Gasteiger partial charge in [-0.3, -0.25) is 4.79 Å². The molecule has 1 aliphatic heterocycles. The summed E-state index contributed by atoms with van der Waals surface area (Å²) in [6, 6.07) is 8.24. The van der Waals surface area contributed by atoms with Gasteiger partial charge >= 0.3 is 0 Å². The van der Waals surface area contributed by atoms with Gasteiger partial charge in [-0.1, -0.05) is 12.5 Å². The van der Waals surface area contributed by atoms with Crippen LogP contribution >= 0.6 is 0 Å². The number of H-pyrrole nitrogens is 1. The topological polar surface area (TPSA) is 53.9 Å². The van der Waals surface area contributed by atoms with Crippen molar-refractivity contribution in [2.75, 3.05) is 13.1 Å². The molecule has 0 radical (unpaired) electrons. The number of hydrogen-bond donors (Lipinski definition) is 1. The number of nitrogens with one attached hydrogen (secondary N) is 1. The van der Waals surface area contributed by atoms with Crippen LogP contribution in [0.25, 0.3) is 10.9 Å². The van der Waals surface area contributed by atoms with E-state index in [4.69, 9.17) is 4.98 Å². The molecular formula is C21H24N4O. The van der Waals surface area contributed by atoms with Gasteiger partial charge in [0.1, 0.15) is 5.82 Å². The molecule has 2 aromatic heterocycles. The molecule has 5 nitrogen and oxygen atoms in total. The molecule has 0 bridgehead atoms. The van der Waals surface area contributed by atoms with Crippen molar-refractivity contribution in [3.05, 3.63) is 53.7 Å². The predicted molar refractivity (Wildman–Crippen MR) is 101 cm³/mol. The Bertz CT molecular complexity index is 965. The fourth-order valence-corrected chi connectivity index (χ4v) is 4.49. The number of aryl methyl sites for hydroxylation is 1. The van der Waals surface area contributed by atoms with Gasteiger partial charge in [0, 0.05) is 53.6 Å². The zero-order chi connectivity index (χ0) is 17.7. The minimum absolute atomic E-state index is 0.140. The summed E-state index contributed by atoms with van der Waals surface area (Å²) in [6.45, 7) is 3.72. The number of fused-ring (bicyclic) bond motifs is 1. The molecule has 1 amide bonds. The second kappa shape index (κ2) is 6.01. The molecule has 1 aromatic carbocycles. The van der Waals surface area contributed by atoms with Crippen LogP contribution in [0, 0.1) is 6.92 Å². The standard InChI is InChI=1S/C21H24N4O/c1-14-12-23-20(15-4-2-5-15)25(14)16-9-11-24(13-16)21(26)18-6-3-7-19-17(18)8-10-22-19/h3,6-8,10,12,15-16,22H,2,4-5,9,11,13H2,1H3. The summed E-state index contributed by atoms with van der Waals surface area (Å²) in [6.07, 6.45) is 8.72. The Hall–Kier alpha value is -2.56. The fraction of sp³-hybridized carbons (Fsp3) is 0.429. The molecular weight excluding hydrogens is 324 g/mol. The van der Waals surface area contributed by atoms with Crippen molar-refractivity contribution in [2.24, 2.45) is 0 Å². The third kappa shape index (κ3) is 2.37. The average Bonchev–Trinajstić information content (AvgIpc) is 3.31. The van der Waals surface area contributed by atoms with Crippen LogP contribution in [-0.4, -0.2) is 38.4 Å². The van der Waals surface area contributed by atoms with Crippen LogP contribution < -0.4 is 0 Å². The molecule has 0 spiro atoms. The number of hydrogen-bond acceptors (Lipinski definition) is 2. The first kappa shape index (κ1) is 15.7. The molecule has 2 fully saturated rings. The van der Waals surface area contributed by atoms with E-state index in [0.29, 0.717) is 12.0 Å². The number of carbonyl (C=O) groups excluding carboxylic acids is 1. The van der Waals surface area contributed by atoms with Gasteiger partial charge in [-0.25, -0.2) is 4.98 Å². The first-order valence-corrected chi connectivity index (χ1v) is 9.61. The largest absolute Gasteiger partial charge is 0.361 e. The molecule has 2 aliphatic rings. The molecule has 1 N–H and O–H groups in total. The lowest BCUT2D eigenvalue weighted by atomic mass is 9.84. The monoisotopic (exact) mass is 348 g/mol. The summed E-state index contributed by atoms with van der Waals surface area (Å²) in [5, 5.41) is 1.01. The highest BCUT2D eigenvalue weighted by Gasteiger charge is 2.33. The summed E-state index contributed by atoms with van der Waals surface area (Å²) in [5.74, 6) is 1.99. The highest BCUT2D eigenvalue weighted by molar-refractivity contribution is 6.06. The zero-order valence-electron chi connectivity index (χ0n) is 15.1. The lowest BCUT2D eigenvalue weighted by Gasteiger charge is -2.28. The summed E-state index contributed by atoms with van der Waals surface area (Å²) >= 11 is 0. The first-order valence-electron chi connectivity index (χ1n) is 9.61. The van der Waals surface area contributed by atoms with E-state index >= 15 is 0 Å². The molecule has 5 heteroatoms. The maximum Gasteiger partial charge on any atom is 0.254 e. The Morgan fingerprint density at radius 3 is 2.92 bits per heavy atom. The fourth-order valence-electron chi connectivity index (χ4n) is 4.49. The number of rotatable bonds is 3. The van der Waals surface area contributed by atoms with Gasteiger partial charge in [0.25, 0.3) is 5.91 Å². The maximum atomic E-state index is 13.1. The van der Waals surface area contributed by atoms with Crippen LogP contribution in [0.2, 0.25) is 0 Å². The van der Waals surface area contributed by atoms with Gasteiger partial charge in [0.2, 0.25) is 0 Å². The Morgan fingerprint density at radius 1 is 1.23 bits per heavy atom. The van der Waals surface area contributed by atoms with Gasteiger partial charge in [-0.2, -0.15) is 0 Å². The van der Waals surface area contributed by atoms with Crippen LogP contribution in [0.1, 0.15) is 59.5 Å². The number of benzene rings is 1. The van der Waals surface area contributed by atoms with Crippen LogP contribution in [0.4, 0.5) is 0 Å². The van der Waals surface area contributed by atoms with Crippen molar-refractivity contribution < 1.29 is 4.79 Å². The quantitative estimate of drug-likeness (QED) is 0.777. The van der Waals surface area contributed by atoms with Crippen LogP contribution in [0.15, 0.2) is 36.7 Å². The maximum absolute atomic E-state index is 13.1. The number of aromatic nitrogens is 3. The third-order valence-corrected chi connectivity index (χ3v) is 6.12. The van der Waals surface area contributed by atoms with E-state index in [0.717, 1.165) is 36.0 Å². The van der Waals surface area contributed by atoms with E-state index in [9.17, 15) is 4.79 Å². The Balaban J connectivity index is 1.40.